The Bertz CT molecular complexity index is 447. The minimum Gasteiger partial charge on any atom is -0.484 e. The number of carbonyl (C=O) groups excluding carboxylic acids is 1. The van der Waals surface area contributed by atoms with Crippen molar-refractivity contribution < 1.29 is 19.4 Å². The molecule has 2 N–H and O–H groups in total. The maximum absolute atomic E-state index is 11.6. The van der Waals surface area contributed by atoms with E-state index in [0.717, 1.165) is 10.9 Å². The second kappa shape index (κ2) is 8.58. The molecule has 1 amide bonds. The van der Waals surface area contributed by atoms with Gasteiger partial charge in [0.25, 0.3) is 5.91 Å². The lowest BCUT2D eigenvalue weighted by molar-refractivity contribution is -0.142. The highest BCUT2D eigenvalue weighted by molar-refractivity contribution is 9.10. The van der Waals surface area contributed by atoms with Gasteiger partial charge in [-0.05, 0) is 30.7 Å². The minimum absolute atomic E-state index is 0.125. The first-order valence-corrected chi connectivity index (χ1v) is 7.20. The first kappa shape index (κ1) is 16.5. The van der Waals surface area contributed by atoms with E-state index in [4.69, 9.17) is 9.84 Å². The van der Waals surface area contributed by atoms with Crippen molar-refractivity contribution in [1.29, 1.82) is 0 Å². The lowest BCUT2D eigenvalue weighted by Crippen LogP contribution is -2.35. The van der Waals surface area contributed by atoms with Crippen molar-refractivity contribution >= 4 is 27.8 Å². The Hall–Kier alpha value is -1.56. The zero-order chi connectivity index (χ0) is 15.0. The van der Waals surface area contributed by atoms with Gasteiger partial charge >= 0.3 is 5.97 Å². The molecule has 110 valence electrons. The van der Waals surface area contributed by atoms with E-state index in [-0.39, 0.29) is 19.1 Å². The highest BCUT2D eigenvalue weighted by Crippen LogP contribution is 2.15. The number of rotatable bonds is 8. The Morgan fingerprint density at radius 2 is 2.00 bits per heavy atom. The second-order valence-corrected chi connectivity index (χ2v) is 5.29. The lowest BCUT2D eigenvalue weighted by Gasteiger charge is -2.12. The molecule has 0 aromatic heterocycles. The average molecular weight is 344 g/mol. The highest BCUT2D eigenvalue weighted by atomic mass is 79.9. The van der Waals surface area contributed by atoms with E-state index in [0.29, 0.717) is 12.2 Å². The van der Waals surface area contributed by atoms with Crippen molar-refractivity contribution in [2.24, 2.45) is 5.92 Å². The van der Waals surface area contributed by atoms with Crippen LogP contribution in [0.25, 0.3) is 0 Å². The number of nitrogens with one attached hydrogen (secondary N) is 1. The largest absolute Gasteiger partial charge is 0.484 e. The molecule has 0 saturated heterocycles. The van der Waals surface area contributed by atoms with E-state index in [1.165, 1.54) is 0 Å². The van der Waals surface area contributed by atoms with Crippen LogP contribution < -0.4 is 10.1 Å². The molecule has 20 heavy (non-hydrogen) atoms. The fourth-order valence-corrected chi connectivity index (χ4v) is 1.89. The Morgan fingerprint density at radius 3 is 2.55 bits per heavy atom. The summed E-state index contributed by atoms with van der Waals surface area (Å²) in [6.45, 7) is 1.92. The average Bonchev–Trinajstić information content (AvgIpc) is 2.42. The van der Waals surface area contributed by atoms with Gasteiger partial charge in [-0.3, -0.25) is 9.59 Å². The van der Waals surface area contributed by atoms with Gasteiger partial charge in [0.05, 0.1) is 5.92 Å². The third kappa shape index (κ3) is 6.06. The number of carboxylic acid groups (broad SMARTS) is 1. The van der Waals surface area contributed by atoms with E-state index < -0.39 is 11.9 Å². The van der Waals surface area contributed by atoms with Gasteiger partial charge < -0.3 is 15.2 Å². The third-order valence-corrected chi connectivity index (χ3v) is 3.24. The summed E-state index contributed by atoms with van der Waals surface area (Å²) in [5.74, 6) is -1.17. The summed E-state index contributed by atoms with van der Waals surface area (Å²) in [6.07, 6.45) is 1.31. The number of hydrogen-bond donors (Lipinski definition) is 2. The molecule has 1 aromatic rings. The van der Waals surface area contributed by atoms with Crippen LogP contribution in [0.15, 0.2) is 28.7 Å². The van der Waals surface area contributed by atoms with Gasteiger partial charge in [0, 0.05) is 11.0 Å². The van der Waals surface area contributed by atoms with Crippen LogP contribution in [-0.2, 0) is 9.59 Å². The standard InChI is InChI=1S/C14H18BrNO4/c1-2-3-10(14(18)19)8-16-13(17)9-20-12-6-4-11(15)5-7-12/h4-7,10H,2-3,8-9H2,1H3,(H,16,17)(H,18,19). The van der Waals surface area contributed by atoms with Crippen molar-refractivity contribution in [3.63, 3.8) is 0 Å². The van der Waals surface area contributed by atoms with Crippen LogP contribution in [0.2, 0.25) is 0 Å². The summed E-state index contributed by atoms with van der Waals surface area (Å²) in [6, 6.07) is 7.12. The first-order valence-electron chi connectivity index (χ1n) is 6.40. The molecule has 0 spiro atoms. The molecular formula is C14H18BrNO4. The molecule has 0 aliphatic carbocycles. The molecule has 1 aromatic carbocycles. The Balaban J connectivity index is 2.32. The molecule has 1 atom stereocenters. The van der Waals surface area contributed by atoms with Gasteiger partial charge in [-0.15, -0.1) is 0 Å². The van der Waals surface area contributed by atoms with Gasteiger partial charge in [-0.1, -0.05) is 29.3 Å². The molecular weight excluding hydrogens is 326 g/mol. The molecule has 1 unspecified atom stereocenters. The Kier molecular flexibility index (Phi) is 7.08. The summed E-state index contributed by atoms with van der Waals surface area (Å²) < 4.78 is 6.22. The molecule has 0 bridgehead atoms. The number of carboxylic acids is 1. The third-order valence-electron chi connectivity index (χ3n) is 2.72. The fourth-order valence-electron chi connectivity index (χ4n) is 1.63. The normalized spacial score (nSPS) is 11.7. The Labute approximate surface area is 126 Å². The molecule has 0 aliphatic rings. The minimum atomic E-state index is -0.888. The van der Waals surface area contributed by atoms with Crippen LogP contribution >= 0.6 is 15.9 Å². The second-order valence-electron chi connectivity index (χ2n) is 4.37. The zero-order valence-electron chi connectivity index (χ0n) is 11.3. The van der Waals surface area contributed by atoms with Gasteiger partial charge in [0.2, 0.25) is 0 Å². The molecule has 0 heterocycles. The van der Waals surface area contributed by atoms with Crippen molar-refractivity contribution in [1.82, 2.24) is 5.32 Å². The van der Waals surface area contributed by atoms with E-state index in [1.54, 1.807) is 12.1 Å². The first-order chi connectivity index (χ1) is 9.52. The van der Waals surface area contributed by atoms with Crippen LogP contribution in [0.1, 0.15) is 19.8 Å². The smallest absolute Gasteiger partial charge is 0.308 e. The van der Waals surface area contributed by atoms with Gasteiger partial charge in [0.1, 0.15) is 5.75 Å². The predicted molar refractivity (Wildman–Crippen MR) is 78.7 cm³/mol. The number of hydrogen-bond acceptors (Lipinski definition) is 3. The number of benzene rings is 1. The van der Waals surface area contributed by atoms with Crippen LogP contribution in [0.3, 0.4) is 0 Å². The Morgan fingerprint density at radius 1 is 1.35 bits per heavy atom. The van der Waals surface area contributed by atoms with Crippen molar-refractivity contribution in [2.75, 3.05) is 13.2 Å². The van der Waals surface area contributed by atoms with Crippen molar-refractivity contribution in [3.8, 4) is 5.75 Å². The summed E-state index contributed by atoms with van der Waals surface area (Å²) >= 11 is 3.30. The van der Waals surface area contributed by atoms with Gasteiger partial charge in [-0.25, -0.2) is 0 Å². The number of halogens is 1. The fraction of sp³-hybridized carbons (Fsp3) is 0.429. The molecule has 5 nitrogen and oxygen atoms in total. The molecule has 0 fully saturated rings. The summed E-state index contributed by atoms with van der Waals surface area (Å²) in [4.78, 5) is 22.5. The van der Waals surface area contributed by atoms with Crippen LogP contribution in [0.5, 0.6) is 5.75 Å². The maximum Gasteiger partial charge on any atom is 0.308 e. The SMILES string of the molecule is CCCC(CNC(=O)COc1ccc(Br)cc1)C(=O)O. The van der Waals surface area contributed by atoms with E-state index in [1.807, 2.05) is 19.1 Å². The number of ether oxygens (including phenoxy) is 1. The number of amides is 1. The number of carbonyl (C=O) groups is 2. The predicted octanol–water partition coefficient (Wildman–Crippen LogP) is 2.45. The van der Waals surface area contributed by atoms with E-state index >= 15 is 0 Å². The topological polar surface area (TPSA) is 75.6 Å². The van der Waals surface area contributed by atoms with Gasteiger partial charge in [0.15, 0.2) is 6.61 Å². The molecule has 0 saturated carbocycles. The molecule has 0 radical (unpaired) electrons. The highest BCUT2D eigenvalue weighted by Gasteiger charge is 2.17. The maximum atomic E-state index is 11.6. The van der Waals surface area contributed by atoms with Crippen molar-refractivity contribution in [3.05, 3.63) is 28.7 Å². The zero-order valence-corrected chi connectivity index (χ0v) is 12.9. The molecule has 1 rings (SSSR count). The van der Waals surface area contributed by atoms with Gasteiger partial charge in [-0.2, -0.15) is 0 Å². The van der Waals surface area contributed by atoms with E-state index in [9.17, 15) is 9.59 Å². The monoisotopic (exact) mass is 343 g/mol. The van der Waals surface area contributed by atoms with Crippen LogP contribution in [-0.4, -0.2) is 30.1 Å². The molecule has 0 aliphatic heterocycles. The van der Waals surface area contributed by atoms with Crippen LogP contribution in [0.4, 0.5) is 0 Å². The quantitative estimate of drug-likeness (QED) is 0.760. The van der Waals surface area contributed by atoms with Crippen LogP contribution in [0, 0.1) is 5.92 Å². The van der Waals surface area contributed by atoms with E-state index in [2.05, 4.69) is 21.2 Å². The van der Waals surface area contributed by atoms with Crippen molar-refractivity contribution in [2.45, 2.75) is 19.8 Å². The summed E-state index contributed by atoms with van der Waals surface area (Å²) in [5, 5.41) is 11.5. The lowest BCUT2D eigenvalue weighted by atomic mass is 10.0. The molecule has 6 heteroatoms. The number of aliphatic carboxylic acids is 1. The summed E-state index contributed by atoms with van der Waals surface area (Å²) in [7, 11) is 0. The summed E-state index contributed by atoms with van der Waals surface area (Å²) in [5.41, 5.74) is 0.